The molecule has 0 aliphatic rings. The highest BCUT2D eigenvalue weighted by Gasteiger charge is 2.23. The first-order valence-corrected chi connectivity index (χ1v) is 16.1. The molecule has 232 valence electrons. The summed E-state index contributed by atoms with van der Waals surface area (Å²) in [6.45, 7) is 0. The van der Waals surface area contributed by atoms with Crippen LogP contribution >= 0.6 is 0 Å². The van der Waals surface area contributed by atoms with Crippen molar-refractivity contribution in [1.82, 2.24) is 4.98 Å². The number of hydrogen-bond donors (Lipinski definition) is 0. The summed E-state index contributed by atoms with van der Waals surface area (Å²) in [7, 11) is 0. The number of para-hydroxylation sites is 3. The summed E-state index contributed by atoms with van der Waals surface area (Å²) in [6, 6.07) is 48.9. The van der Waals surface area contributed by atoms with E-state index in [9.17, 15) is 0 Å². The Kier molecular flexibility index (Phi) is 5.99. The fourth-order valence-electron chi connectivity index (χ4n) is 6.91. The predicted molar refractivity (Wildman–Crippen MR) is 194 cm³/mol. The first-order valence-electron chi connectivity index (χ1n) is 16.1. The molecule has 0 bridgehead atoms. The minimum absolute atomic E-state index is 0.354. The van der Waals surface area contributed by atoms with Crippen LogP contribution in [0.3, 0.4) is 0 Å². The zero-order valence-electron chi connectivity index (χ0n) is 25.9. The van der Waals surface area contributed by atoms with Crippen molar-refractivity contribution >= 4 is 72.0 Å². The van der Waals surface area contributed by atoms with Crippen molar-refractivity contribution in [2.45, 2.75) is 0 Å². The predicted octanol–water partition coefficient (Wildman–Crippen LogP) is 12.6. The van der Waals surface area contributed by atoms with Crippen molar-refractivity contribution in [2.24, 2.45) is 0 Å². The van der Waals surface area contributed by atoms with Crippen molar-refractivity contribution in [1.29, 1.82) is 0 Å². The van der Waals surface area contributed by atoms with E-state index in [0.717, 1.165) is 60.9 Å². The molecule has 0 N–H and O–H groups in total. The van der Waals surface area contributed by atoms with E-state index in [4.69, 9.17) is 18.2 Å². The smallest absolute Gasteiger partial charge is 0.228 e. The van der Waals surface area contributed by atoms with Crippen LogP contribution in [0.2, 0.25) is 0 Å². The lowest BCUT2D eigenvalue weighted by molar-refractivity contribution is 0.620. The molecule has 0 amide bonds. The molecule has 49 heavy (non-hydrogen) atoms. The van der Waals surface area contributed by atoms with Crippen molar-refractivity contribution in [3.05, 3.63) is 157 Å². The normalized spacial score (nSPS) is 11.8. The molecule has 6 heteroatoms. The Bertz CT molecular complexity index is 2830. The third-order valence-electron chi connectivity index (χ3n) is 9.16. The zero-order chi connectivity index (χ0) is 32.5. The van der Waals surface area contributed by atoms with Crippen LogP contribution in [0.15, 0.2) is 165 Å². The van der Waals surface area contributed by atoms with E-state index >= 15 is 4.39 Å². The third kappa shape index (κ3) is 4.42. The number of halogens is 1. The van der Waals surface area contributed by atoms with Crippen molar-refractivity contribution in [2.75, 3.05) is 4.90 Å². The van der Waals surface area contributed by atoms with Crippen LogP contribution in [0.25, 0.3) is 77.6 Å². The lowest BCUT2D eigenvalue weighted by atomic mass is 10.0. The maximum Gasteiger partial charge on any atom is 0.228 e. The van der Waals surface area contributed by atoms with Gasteiger partial charge in [-0.05, 0) is 77.9 Å². The van der Waals surface area contributed by atoms with Crippen molar-refractivity contribution in [3.63, 3.8) is 0 Å². The van der Waals surface area contributed by atoms with E-state index < -0.39 is 5.82 Å². The molecule has 0 fully saturated rings. The molecule has 0 spiro atoms. The first kappa shape index (κ1) is 27.5. The molecule has 3 aromatic heterocycles. The lowest BCUT2D eigenvalue weighted by Crippen LogP contribution is -2.11. The van der Waals surface area contributed by atoms with Gasteiger partial charge < -0.3 is 18.2 Å². The number of nitrogens with zero attached hydrogens (tertiary/aromatic N) is 2. The molecule has 7 aromatic carbocycles. The van der Waals surface area contributed by atoms with Gasteiger partial charge in [0, 0.05) is 44.5 Å². The molecular formula is C43H25FN2O3. The van der Waals surface area contributed by atoms with Crippen LogP contribution in [0.4, 0.5) is 21.5 Å². The van der Waals surface area contributed by atoms with Gasteiger partial charge in [-0.1, -0.05) is 78.9 Å². The summed E-state index contributed by atoms with van der Waals surface area (Å²) in [4.78, 5) is 6.67. The number of furan rings is 2. The highest BCUT2D eigenvalue weighted by molar-refractivity contribution is 6.13. The van der Waals surface area contributed by atoms with Gasteiger partial charge in [-0.2, -0.15) is 0 Å². The summed E-state index contributed by atoms with van der Waals surface area (Å²) in [5.41, 5.74) is 8.95. The van der Waals surface area contributed by atoms with E-state index in [0.29, 0.717) is 33.7 Å². The summed E-state index contributed by atoms with van der Waals surface area (Å²) in [5, 5.41) is 3.34. The van der Waals surface area contributed by atoms with Gasteiger partial charge >= 0.3 is 0 Å². The van der Waals surface area contributed by atoms with Gasteiger partial charge in [0.25, 0.3) is 0 Å². The Labute approximate surface area is 279 Å². The van der Waals surface area contributed by atoms with Crippen LogP contribution in [-0.4, -0.2) is 4.98 Å². The molecule has 3 heterocycles. The van der Waals surface area contributed by atoms with E-state index in [-0.39, 0.29) is 0 Å². The molecule has 0 saturated heterocycles. The second-order valence-electron chi connectivity index (χ2n) is 12.1. The second kappa shape index (κ2) is 10.7. The molecule has 0 saturated carbocycles. The van der Waals surface area contributed by atoms with Crippen LogP contribution in [0.5, 0.6) is 0 Å². The van der Waals surface area contributed by atoms with Gasteiger partial charge in [0.05, 0.1) is 5.69 Å². The number of anilines is 3. The Hall–Kier alpha value is -6.66. The highest BCUT2D eigenvalue weighted by Crippen LogP contribution is 2.44. The molecule has 0 aliphatic heterocycles. The van der Waals surface area contributed by atoms with E-state index in [1.165, 1.54) is 0 Å². The van der Waals surface area contributed by atoms with E-state index in [1.807, 2.05) is 114 Å². The first-order chi connectivity index (χ1) is 24.2. The number of fused-ring (bicyclic) bond motifs is 7. The highest BCUT2D eigenvalue weighted by atomic mass is 19.1. The minimum atomic E-state index is -0.398. The fraction of sp³-hybridized carbons (Fsp3) is 0. The molecule has 5 nitrogen and oxygen atoms in total. The minimum Gasteiger partial charge on any atom is -0.456 e. The summed E-state index contributed by atoms with van der Waals surface area (Å²) in [6.07, 6.45) is 0. The number of aromatic nitrogens is 1. The Morgan fingerprint density at radius 2 is 1.18 bits per heavy atom. The maximum absolute atomic E-state index is 16.8. The number of benzene rings is 7. The molecule has 0 atom stereocenters. The maximum atomic E-state index is 16.8. The van der Waals surface area contributed by atoms with Crippen LogP contribution in [0, 0.1) is 5.82 Å². The molecule has 10 aromatic rings. The van der Waals surface area contributed by atoms with Crippen LogP contribution in [-0.2, 0) is 0 Å². The average Bonchev–Trinajstić information content (AvgIpc) is 3.85. The molecule has 0 aliphatic carbocycles. The van der Waals surface area contributed by atoms with E-state index in [1.54, 1.807) is 12.1 Å². The molecule has 0 unspecified atom stereocenters. The Morgan fingerprint density at radius 1 is 0.469 bits per heavy atom. The molecule has 0 radical (unpaired) electrons. The second-order valence-corrected chi connectivity index (χ2v) is 12.1. The van der Waals surface area contributed by atoms with Gasteiger partial charge in [-0.25, -0.2) is 9.37 Å². The van der Waals surface area contributed by atoms with Gasteiger partial charge in [-0.15, -0.1) is 0 Å². The summed E-state index contributed by atoms with van der Waals surface area (Å²) < 4.78 is 35.5. The SMILES string of the molecule is Fc1cc2c(cc1N(c1cccc(-c3ccccc3)c1)c1ccc3oc4ccccc4c3c1)oc1cccc(-c3nc4ccccc4o3)c12. The van der Waals surface area contributed by atoms with Gasteiger partial charge in [0.1, 0.15) is 33.7 Å². The number of rotatable bonds is 5. The standard InChI is InChI=1S/C43H25FN2O3/c44-34-24-33-41(48-40-19-9-15-31(42(33)40)43-45-35-16-5-7-18-39(35)49-43)25-36(34)46(28-13-8-12-27(22-28)26-10-2-1-3-11-26)29-20-21-38-32(23-29)30-14-4-6-17-37(30)47-38/h1-25H. The fourth-order valence-corrected chi connectivity index (χ4v) is 6.91. The summed E-state index contributed by atoms with van der Waals surface area (Å²) in [5.74, 6) is 0.0591. The van der Waals surface area contributed by atoms with Crippen LogP contribution in [0.1, 0.15) is 0 Å². The van der Waals surface area contributed by atoms with Gasteiger partial charge in [0.15, 0.2) is 5.58 Å². The van der Waals surface area contributed by atoms with Crippen molar-refractivity contribution < 1.29 is 17.6 Å². The summed E-state index contributed by atoms with van der Waals surface area (Å²) >= 11 is 0. The lowest BCUT2D eigenvalue weighted by Gasteiger charge is -2.26. The third-order valence-corrected chi connectivity index (χ3v) is 9.16. The topological polar surface area (TPSA) is 55.6 Å². The van der Waals surface area contributed by atoms with Gasteiger partial charge in [-0.3, -0.25) is 0 Å². The van der Waals surface area contributed by atoms with Gasteiger partial charge in [0.2, 0.25) is 5.89 Å². The number of oxazole rings is 1. The van der Waals surface area contributed by atoms with Crippen LogP contribution < -0.4 is 4.90 Å². The Balaban J connectivity index is 1.19. The Morgan fingerprint density at radius 3 is 2.08 bits per heavy atom. The zero-order valence-corrected chi connectivity index (χ0v) is 25.9. The van der Waals surface area contributed by atoms with E-state index in [2.05, 4.69) is 30.3 Å². The average molecular weight is 637 g/mol. The monoisotopic (exact) mass is 636 g/mol. The largest absolute Gasteiger partial charge is 0.456 e. The molecule has 10 rings (SSSR count). The molecular weight excluding hydrogens is 611 g/mol. The number of hydrogen-bond acceptors (Lipinski definition) is 5. The quantitative estimate of drug-likeness (QED) is 0.188. The van der Waals surface area contributed by atoms with Crippen molar-refractivity contribution in [3.8, 4) is 22.6 Å².